The number of carbonyl (C=O) groups is 5. The number of phenolic OH excluding ortho intramolecular Hbond substituents is 1. The van der Waals surface area contributed by atoms with Crippen molar-refractivity contribution in [1.29, 1.82) is 0 Å². The number of rotatable bonds is 4. The molecule has 1 saturated heterocycles. The Kier molecular flexibility index (Phi) is 6.34. The summed E-state index contributed by atoms with van der Waals surface area (Å²) in [5.74, 6) is -4.15. The third-order valence-electron chi connectivity index (χ3n) is 8.70. The fourth-order valence-electron chi connectivity index (χ4n) is 6.78. The number of nitrogens with zero attached hydrogens (tertiary/aromatic N) is 1. The van der Waals surface area contributed by atoms with Crippen molar-refractivity contribution in [1.82, 2.24) is 0 Å². The van der Waals surface area contributed by atoms with E-state index in [0.29, 0.717) is 33.5 Å². The Morgan fingerprint density at radius 1 is 1.05 bits per heavy atom. The molecule has 1 heterocycles. The van der Waals surface area contributed by atoms with Gasteiger partial charge in [-0.15, -0.1) is 0 Å². The average Bonchev–Trinajstić information content (AvgIpc) is 3.21. The highest BCUT2D eigenvalue weighted by Gasteiger charge is 2.56. The molecule has 0 aromatic heterocycles. The first kappa shape index (κ1) is 26.9. The van der Waals surface area contributed by atoms with Crippen LogP contribution in [0.1, 0.15) is 48.5 Å². The van der Waals surface area contributed by atoms with Gasteiger partial charge in [0.2, 0.25) is 11.8 Å². The summed E-state index contributed by atoms with van der Waals surface area (Å²) >= 11 is 6.35. The number of allylic oxidation sites excluding steroid dienone is 6. The molecule has 6 rings (SSSR count). The molecular formula is C32H26ClNO7. The van der Waals surface area contributed by atoms with E-state index < -0.39 is 23.7 Å². The number of hydrogen-bond donors (Lipinski definition) is 1. The van der Waals surface area contributed by atoms with Crippen molar-refractivity contribution in [3.63, 3.8) is 0 Å². The Labute approximate surface area is 240 Å². The van der Waals surface area contributed by atoms with Crippen molar-refractivity contribution >= 4 is 46.5 Å². The van der Waals surface area contributed by atoms with Gasteiger partial charge in [-0.1, -0.05) is 23.3 Å². The van der Waals surface area contributed by atoms with Crippen molar-refractivity contribution in [2.75, 3.05) is 12.0 Å². The van der Waals surface area contributed by atoms with E-state index in [1.165, 1.54) is 31.1 Å². The number of fused-ring (bicyclic) bond motifs is 3. The Morgan fingerprint density at radius 3 is 2.41 bits per heavy atom. The molecule has 0 spiro atoms. The minimum Gasteiger partial charge on any atom is -0.503 e. The minimum absolute atomic E-state index is 0.0199. The Hall–Kier alpha value is -4.30. The van der Waals surface area contributed by atoms with Crippen LogP contribution in [-0.2, 0) is 19.2 Å². The first-order valence-electron chi connectivity index (χ1n) is 13.3. The molecule has 4 aliphatic rings. The lowest BCUT2D eigenvalue weighted by Gasteiger charge is -2.42. The summed E-state index contributed by atoms with van der Waals surface area (Å²) in [6.45, 7) is 3.03. The highest BCUT2D eigenvalue weighted by molar-refractivity contribution is 6.32. The first-order chi connectivity index (χ1) is 19.5. The van der Waals surface area contributed by atoms with E-state index in [1.807, 2.05) is 6.08 Å². The second kappa shape index (κ2) is 9.66. The van der Waals surface area contributed by atoms with Crippen LogP contribution in [0, 0.1) is 17.8 Å². The maximum Gasteiger partial charge on any atom is 0.238 e. The monoisotopic (exact) mass is 571 g/mol. The van der Waals surface area contributed by atoms with Crippen LogP contribution < -0.4 is 9.64 Å². The van der Waals surface area contributed by atoms with Crippen LogP contribution in [0.3, 0.4) is 0 Å². The van der Waals surface area contributed by atoms with Gasteiger partial charge in [-0.25, -0.2) is 0 Å². The standard InChI is InChI=1S/C32H26ClNO7/c1-14-10-24(36)28-22(29(14)37)13-21-19(26(28)17-11-23(33)30(38)25(12-17)41-3)8-9-20-27(21)32(40)34(31(20)39)18-6-4-16(5-7-18)15(2)35/h4-8,10-12,20-21,26-27,38H,9,13H2,1-3H3/t20-,21+,26-,27-/m0/s1. The van der Waals surface area contributed by atoms with Crippen LogP contribution in [0.2, 0.25) is 5.02 Å². The molecule has 2 aromatic carbocycles. The van der Waals surface area contributed by atoms with Crippen LogP contribution in [0.25, 0.3) is 0 Å². The van der Waals surface area contributed by atoms with E-state index in [4.69, 9.17) is 16.3 Å². The summed E-state index contributed by atoms with van der Waals surface area (Å²) in [4.78, 5) is 67.4. The number of aromatic hydroxyl groups is 1. The van der Waals surface area contributed by atoms with E-state index in [0.717, 1.165) is 5.57 Å². The number of benzene rings is 2. The summed E-state index contributed by atoms with van der Waals surface area (Å²) in [7, 11) is 1.38. The van der Waals surface area contributed by atoms with Crippen molar-refractivity contribution in [3.8, 4) is 11.5 Å². The second-order valence-corrected chi connectivity index (χ2v) is 11.3. The molecule has 208 valence electrons. The van der Waals surface area contributed by atoms with Crippen LogP contribution >= 0.6 is 11.6 Å². The SMILES string of the molecule is COc1cc([C@H]2C3=CC[C@@H]4C(=O)N(c5ccc(C(C)=O)cc5)C(=O)[C@@H]4[C@@H]3CC3=C2C(=O)C=C(C)C3=O)cc(Cl)c1O. The number of halogens is 1. The zero-order valence-corrected chi connectivity index (χ0v) is 23.3. The van der Waals surface area contributed by atoms with Crippen molar-refractivity contribution in [3.05, 3.63) is 87.0 Å². The predicted octanol–water partition coefficient (Wildman–Crippen LogP) is 4.89. The van der Waals surface area contributed by atoms with Gasteiger partial charge in [-0.3, -0.25) is 28.9 Å². The van der Waals surface area contributed by atoms with Crippen LogP contribution in [0.5, 0.6) is 11.5 Å². The average molecular weight is 572 g/mol. The van der Waals surface area contributed by atoms with E-state index in [1.54, 1.807) is 37.3 Å². The largest absolute Gasteiger partial charge is 0.503 e. The summed E-state index contributed by atoms with van der Waals surface area (Å²) < 4.78 is 5.32. The third-order valence-corrected chi connectivity index (χ3v) is 8.99. The maximum atomic E-state index is 14.0. The van der Waals surface area contributed by atoms with Gasteiger partial charge in [-0.2, -0.15) is 0 Å². The molecule has 0 unspecified atom stereocenters. The lowest BCUT2D eigenvalue weighted by atomic mass is 9.59. The molecule has 9 heteroatoms. The van der Waals surface area contributed by atoms with E-state index >= 15 is 0 Å². The topological polar surface area (TPSA) is 118 Å². The lowest BCUT2D eigenvalue weighted by molar-refractivity contribution is -0.123. The highest BCUT2D eigenvalue weighted by Crippen LogP contribution is 2.56. The normalized spacial score (nSPS) is 25.4. The number of hydrogen-bond acceptors (Lipinski definition) is 7. The number of imide groups is 1. The van der Waals surface area contributed by atoms with E-state index in [2.05, 4.69) is 0 Å². The summed E-state index contributed by atoms with van der Waals surface area (Å²) in [6, 6.07) is 9.47. The number of Topliss-reactive ketones (excluding diaryl/α,β-unsaturated/α-hetero) is 2. The maximum absolute atomic E-state index is 14.0. The summed E-state index contributed by atoms with van der Waals surface area (Å²) in [5.41, 5.74) is 3.11. The number of phenols is 1. The Bertz CT molecular complexity index is 1680. The van der Waals surface area contributed by atoms with Gasteiger partial charge in [0.15, 0.2) is 28.8 Å². The molecule has 2 aromatic rings. The van der Waals surface area contributed by atoms with Gasteiger partial charge < -0.3 is 9.84 Å². The number of ether oxygens (including phenoxy) is 1. The molecule has 2 amide bonds. The second-order valence-electron chi connectivity index (χ2n) is 10.9. The quantitative estimate of drug-likeness (QED) is 0.240. The van der Waals surface area contributed by atoms with Crippen molar-refractivity contribution in [2.45, 2.75) is 32.6 Å². The highest BCUT2D eigenvalue weighted by atomic mass is 35.5. The van der Waals surface area contributed by atoms with Gasteiger partial charge in [-0.05, 0) is 80.6 Å². The number of ketones is 3. The van der Waals surface area contributed by atoms with Crippen LogP contribution in [0.15, 0.2) is 70.8 Å². The zero-order valence-electron chi connectivity index (χ0n) is 22.6. The third kappa shape index (κ3) is 4.00. The molecule has 1 fully saturated rings. The van der Waals surface area contributed by atoms with Gasteiger partial charge in [0.05, 0.1) is 29.7 Å². The first-order valence-corrected chi connectivity index (χ1v) is 13.7. The van der Waals surface area contributed by atoms with E-state index in [9.17, 15) is 29.1 Å². The number of carbonyl (C=O) groups excluding carboxylic acids is 5. The van der Waals surface area contributed by atoms with E-state index in [-0.39, 0.29) is 58.5 Å². The molecule has 4 atom stereocenters. The Balaban J connectivity index is 1.48. The van der Waals surface area contributed by atoms with Gasteiger partial charge in [0.1, 0.15) is 0 Å². The molecule has 8 nitrogen and oxygen atoms in total. The molecule has 0 radical (unpaired) electrons. The smallest absolute Gasteiger partial charge is 0.238 e. The van der Waals surface area contributed by atoms with Gasteiger partial charge >= 0.3 is 0 Å². The fraction of sp³-hybridized carbons (Fsp3) is 0.281. The minimum atomic E-state index is -0.741. The molecule has 0 saturated carbocycles. The van der Waals surface area contributed by atoms with Crippen LogP contribution in [-0.4, -0.2) is 41.4 Å². The molecular weight excluding hydrogens is 546 g/mol. The number of amides is 2. The summed E-state index contributed by atoms with van der Waals surface area (Å²) in [6.07, 6.45) is 3.66. The lowest BCUT2D eigenvalue weighted by Crippen LogP contribution is -2.39. The fourth-order valence-corrected chi connectivity index (χ4v) is 7.00. The molecule has 1 N–H and O–H groups in total. The van der Waals surface area contributed by atoms with Crippen molar-refractivity contribution in [2.24, 2.45) is 17.8 Å². The van der Waals surface area contributed by atoms with Crippen molar-refractivity contribution < 1.29 is 33.8 Å². The van der Waals surface area contributed by atoms with Gasteiger partial charge in [0, 0.05) is 28.2 Å². The summed E-state index contributed by atoms with van der Waals surface area (Å²) in [5, 5.41) is 10.4. The molecule has 1 aliphatic heterocycles. The number of methoxy groups -OCH3 is 1. The molecule has 0 bridgehead atoms. The Morgan fingerprint density at radius 2 is 1.76 bits per heavy atom. The van der Waals surface area contributed by atoms with Gasteiger partial charge in [0.25, 0.3) is 0 Å². The number of anilines is 1. The predicted molar refractivity (Wildman–Crippen MR) is 150 cm³/mol. The molecule has 3 aliphatic carbocycles. The zero-order chi connectivity index (χ0) is 29.3. The van der Waals surface area contributed by atoms with Crippen LogP contribution in [0.4, 0.5) is 5.69 Å². The molecule has 41 heavy (non-hydrogen) atoms.